The number of hydrogen-bond donors (Lipinski definition) is 2. The summed E-state index contributed by atoms with van der Waals surface area (Å²) in [4.78, 5) is 26.6. The van der Waals surface area contributed by atoms with Crippen LogP contribution < -0.4 is 11.1 Å². The van der Waals surface area contributed by atoms with Crippen molar-refractivity contribution < 1.29 is 5.11 Å². The van der Waals surface area contributed by atoms with Gasteiger partial charge in [-0.1, -0.05) is 13.8 Å². The molecule has 2 aromatic rings. The van der Waals surface area contributed by atoms with Gasteiger partial charge in [0.15, 0.2) is 0 Å². The number of aliphatic hydroxyl groups excluding tert-OH is 1. The first-order valence-electron chi connectivity index (χ1n) is 6.77. The maximum absolute atomic E-state index is 12.5. The van der Waals surface area contributed by atoms with Gasteiger partial charge in [0.2, 0.25) is 0 Å². The lowest BCUT2D eigenvalue weighted by molar-refractivity contribution is 0.206. The number of fused-ring (bicyclic) bond motifs is 1. The van der Waals surface area contributed by atoms with E-state index >= 15 is 0 Å². The van der Waals surface area contributed by atoms with Gasteiger partial charge in [-0.15, -0.1) is 0 Å². The van der Waals surface area contributed by atoms with E-state index < -0.39 is 5.56 Å². The molecular weight excluding hydrogens is 270 g/mol. The summed E-state index contributed by atoms with van der Waals surface area (Å²) >= 11 is 0. The highest BCUT2D eigenvalue weighted by atomic mass is 16.3. The van der Waals surface area contributed by atoms with Crippen LogP contribution in [0.25, 0.3) is 10.9 Å². The van der Waals surface area contributed by atoms with Gasteiger partial charge in [0, 0.05) is 6.20 Å². The molecule has 0 aromatic carbocycles. The summed E-state index contributed by atoms with van der Waals surface area (Å²) in [5, 5.41) is 18.7. The second kappa shape index (κ2) is 5.94. The lowest BCUT2D eigenvalue weighted by atomic mass is 10.0. The van der Waals surface area contributed by atoms with Crippen molar-refractivity contribution in [1.29, 1.82) is 5.26 Å². The van der Waals surface area contributed by atoms with E-state index in [9.17, 15) is 14.7 Å². The van der Waals surface area contributed by atoms with Crippen LogP contribution in [0.3, 0.4) is 0 Å². The van der Waals surface area contributed by atoms with Crippen molar-refractivity contribution in [2.45, 2.75) is 26.3 Å². The van der Waals surface area contributed by atoms with Gasteiger partial charge in [-0.3, -0.25) is 9.59 Å². The fourth-order valence-corrected chi connectivity index (χ4v) is 2.41. The molecule has 2 rings (SSSR count). The lowest BCUT2D eigenvalue weighted by Crippen LogP contribution is -2.28. The van der Waals surface area contributed by atoms with Crippen molar-refractivity contribution in [3.8, 4) is 6.07 Å². The van der Waals surface area contributed by atoms with Crippen LogP contribution in [-0.4, -0.2) is 21.3 Å². The Morgan fingerprint density at radius 3 is 2.71 bits per heavy atom. The fourth-order valence-electron chi connectivity index (χ4n) is 2.41. The van der Waals surface area contributed by atoms with Crippen molar-refractivity contribution in [3.05, 3.63) is 44.6 Å². The standard InChI is InChI=1S/C15H17N3O3/c1-9(2)5-11(8-19)18-4-3-13-12(15(18)21)6-10(7-16)14(20)17-13/h3-4,6,9,11,19H,5,8H2,1-2H3,(H,17,20)/t11-/m0/s1. The molecule has 0 fully saturated rings. The van der Waals surface area contributed by atoms with Crippen LogP contribution in [0.4, 0.5) is 0 Å². The van der Waals surface area contributed by atoms with Crippen LogP contribution in [0, 0.1) is 17.2 Å². The number of hydrogen-bond acceptors (Lipinski definition) is 4. The molecule has 6 heteroatoms. The van der Waals surface area contributed by atoms with Crippen molar-refractivity contribution in [2.75, 3.05) is 6.61 Å². The molecule has 0 aliphatic heterocycles. The van der Waals surface area contributed by atoms with Gasteiger partial charge < -0.3 is 14.7 Å². The van der Waals surface area contributed by atoms with Gasteiger partial charge in [0.05, 0.1) is 23.6 Å². The zero-order chi connectivity index (χ0) is 15.6. The molecule has 1 atom stereocenters. The topological polar surface area (TPSA) is 98.9 Å². The predicted molar refractivity (Wildman–Crippen MR) is 79.1 cm³/mol. The van der Waals surface area contributed by atoms with Gasteiger partial charge in [-0.2, -0.15) is 5.26 Å². The molecular formula is C15H17N3O3. The Kier molecular flexibility index (Phi) is 4.24. The number of H-pyrrole nitrogens is 1. The zero-order valence-electron chi connectivity index (χ0n) is 12.0. The van der Waals surface area contributed by atoms with Gasteiger partial charge in [0.1, 0.15) is 11.6 Å². The maximum atomic E-state index is 12.5. The Morgan fingerprint density at radius 2 is 2.14 bits per heavy atom. The average Bonchev–Trinajstić information content (AvgIpc) is 2.45. The molecule has 0 aliphatic carbocycles. The maximum Gasteiger partial charge on any atom is 0.266 e. The first-order chi connectivity index (χ1) is 9.97. The van der Waals surface area contributed by atoms with Crippen LogP contribution in [0.5, 0.6) is 0 Å². The monoisotopic (exact) mass is 287 g/mol. The second-order valence-electron chi connectivity index (χ2n) is 5.45. The molecule has 2 N–H and O–H groups in total. The first-order valence-corrected chi connectivity index (χ1v) is 6.77. The molecule has 6 nitrogen and oxygen atoms in total. The van der Waals surface area contributed by atoms with E-state index in [-0.39, 0.29) is 29.2 Å². The molecule has 0 saturated heterocycles. The largest absolute Gasteiger partial charge is 0.394 e. The normalized spacial score (nSPS) is 12.5. The van der Waals surface area contributed by atoms with Gasteiger partial charge in [-0.25, -0.2) is 0 Å². The number of nitrogens with zero attached hydrogens (tertiary/aromatic N) is 2. The summed E-state index contributed by atoms with van der Waals surface area (Å²) in [6, 6.07) is 4.36. The number of nitrogens with one attached hydrogen (secondary N) is 1. The fraction of sp³-hybridized carbons (Fsp3) is 0.400. The van der Waals surface area contributed by atoms with E-state index in [1.807, 2.05) is 13.8 Å². The van der Waals surface area contributed by atoms with E-state index in [0.29, 0.717) is 17.9 Å². The molecule has 2 aromatic heterocycles. The summed E-state index contributed by atoms with van der Waals surface area (Å²) in [5.74, 6) is 0.329. The molecule has 0 unspecified atom stereocenters. The number of nitriles is 1. The zero-order valence-corrected chi connectivity index (χ0v) is 12.0. The summed E-state index contributed by atoms with van der Waals surface area (Å²) in [7, 11) is 0. The quantitative estimate of drug-likeness (QED) is 0.880. The highest BCUT2D eigenvalue weighted by molar-refractivity contribution is 5.78. The number of aromatic nitrogens is 2. The SMILES string of the molecule is CC(C)C[C@@H](CO)n1ccc2[nH]c(=O)c(C#N)cc2c1=O. The minimum Gasteiger partial charge on any atom is -0.394 e. The Balaban J connectivity index is 2.66. The third kappa shape index (κ3) is 2.88. The van der Waals surface area contributed by atoms with Crippen molar-refractivity contribution >= 4 is 10.9 Å². The highest BCUT2D eigenvalue weighted by Gasteiger charge is 2.15. The number of aromatic amines is 1. The lowest BCUT2D eigenvalue weighted by Gasteiger charge is -2.19. The van der Waals surface area contributed by atoms with Crippen LogP contribution in [0.1, 0.15) is 31.9 Å². The molecule has 0 saturated carbocycles. The highest BCUT2D eigenvalue weighted by Crippen LogP contribution is 2.16. The van der Waals surface area contributed by atoms with Crippen molar-refractivity contribution in [2.24, 2.45) is 5.92 Å². The van der Waals surface area contributed by atoms with Crippen LogP contribution >= 0.6 is 0 Å². The summed E-state index contributed by atoms with van der Waals surface area (Å²) in [6.45, 7) is 3.89. The molecule has 0 amide bonds. The second-order valence-corrected chi connectivity index (χ2v) is 5.45. The van der Waals surface area contributed by atoms with Crippen LogP contribution in [0.2, 0.25) is 0 Å². The summed E-state index contributed by atoms with van der Waals surface area (Å²) < 4.78 is 1.46. The Labute approximate surface area is 121 Å². The van der Waals surface area contributed by atoms with E-state index in [2.05, 4.69) is 4.98 Å². The van der Waals surface area contributed by atoms with E-state index in [0.717, 1.165) is 0 Å². The minimum atomic E-state index is -0.511. The predicted octanol–water partition coefficient (Wildman–Crippen LogP) is 1.14. The van der Waals surface area contributed by atoms with Crippen LogP contribution in [-0.2, 0) is 0 Å². The third-order valence-electron chi connectivity index (χ3n) is 3.41. The van der Waals surface area contributed by atoms with E-state index in [4.69, 9.17) is 5.26 Å². The smallest absolute Gasteiger partial charge is 0.266 e. The van der Waals surface area contributed by atoms with Gasteiger partial charge in [-0.05, 0) is 24.5 Å². The number of rotatable bonds is 4. The third-order valence-corrected chi connectivity index (χ3v) is 3.41. The Hall–Kier alpha value is -2.39. The number of aliphatic hydroxyl groups is 1. The minimum absolute atomic E-state index is 0.0956. The Morgan fingerprint density at radius 1 is 1.43 bits per heavy atom. The molecule has 0 spiro atoms. The first kappa shape index (κ1) is 15.0. The Bertz CT molecular complexity index is 811. The molecule has 0 radical (unpaired) electrons. The average molecular weight is 287 g/mol. The molecule has 2 heterocycles. The van der Waals surface area contributed by atoms with Crippen molar-refractivity contribution in [3.63, 3.8) is 0 Å². The molecule has 21 heavy (non-hydrogen) atoms. The molecule has 110 valence electrons. The summed E-state index contributed by atoms with van der Waals surface area (Å²) in [5.41, 5.74) is -0.536. The molecule has 0 bridgehead atoms. The molecule has 0 aliphatic rings. The van der Waals surface area contributed by atoms with Crippen molar-refractivity contribution in [1.82, 2.24) is 9.55 Å². The van der Waals surface area contributed by atoms with Gasteiger partial charge >= 0.3 is 0 Å². The number of pyridine rings is 2. The van der Waals surface area contributed by atoms with E-state index in [1.54, 1.807) is 18.3 Å². The van der Waals surface area contributed by atoms with Crippen LogP contribution in [0.15, 0.2) is 27.9 Å². The van der Waals surface area contributed by atoms with Gasteiger partial charge in [0.25, 0.3) is 11.1 Å². The summed E-state index contributed by atoms with van der Waals surface area (Å²) in [6.07, 6.45) is 2.23. The van der Waals surface area contributed by atoms with E-state index in [1.165, 1.54) is 10.6 Å².